The second-order valence-corrected chi connectivity index (χ2v) is 7.38. The van der Waals surface area contributed by atoms with Crippen LogP contribution >= 0.6 is 23.2 Å². The smallest absolute Gasteiger partial charge is 0.0641 e. The Balaban J connectivity index is 1.76. The van der Waals surface area contributed by atoms with Crippen LogP contribution in [0.25, 0.3) is 6.08 Å². The van der Waals surface area contributed by atoms with Gasteiger partial charge in [-0.25, -0.2) is 0 Å². The Kier molecular flexibility index (Phi) is 3.87. The molecule has 1 nitrogen and oxygen atoms in total. The monoisotopic (exact) mass is 343 g/mol. The summed E-state index contributed by atoms with van der Waals surface area (Å²) in [6, 6.07) is 14.3. The van der Waals surface area contributed by atoms with Crippen molar-refractivity contribution in [1.82, 2.24) is 0 Å². The number of benzene rings is 2. The Hall–Kier alpha value is -1.44. The van der Waals surface area contributed by atoms with Gasteiger partial charge >= 0.3 is 0 Å². The highest BCUT2D eigenvalue weighted by molar-refractivity contribution is 6.35. The van der Waals surface area contributed by atoms with E-state index in [1.807, 2.05) is 18.2 Å². The van der Waals surface area contributed by atoms with Gasteiger partial charge in [-0.2, -0.15) is 0 Å². The predicted octanol–water partition coefficient (Wildman–Crippen LogP) is 6.66. The van der Waals surface area contributed by atoms with Gasteiger partial charge in [-0.1, -0.05) is 66.7 Å². The van der Waals surface area contributed by atoms with E-state index in [1.54, 1.807) is 0 Å². The highest BCUT2D eigenvalue weighted by Gasteiger charge is 2.42. The molecule has 23 heavy (non-hydrogen) atoms. The molecule has 118 valence electrons. The van der Waals surface area contributed by atoms with Crippen LogP contribution in [0.2, 0.25) is 10.0 Å². The number of rotatable bonds is 2. The van der Waals surface area contributed by atoms with Gasteiger partial charge in [0.2, 0.25) is 0 Å². The van der Waals surface area contributed by atoms with Crippen molar-refractivity contribution in [3.63, 3.8) is 0 Å². The summed E-state index contributed by atoms with van der Waals surface area (Å²) in [6.07, 6.45) is 8.56. The molecule has 1 N–H and O–H groups in total. The number of nitrogens with one attached hydrogen (secondary N) is 1. The van der Waals surface area contributed by atoms with Crippen LogP contribution in [0.15, 0.2) is 48.2 Å². The van der Waals surface area contributed by atoms with Crippen molar-refractivity contribution in [2.75, 3.05) is 5.32 Å². The molecule has 0 radical (unpaired) electrons. The number of anilines is 1. The molecule has 2 aliphatic rings. The molecule has 2 aromatic rings. The predicted molar refractivity (Wildman–Crippen MR) is 99.3 cm³/mol. The van der Waals surface area contributed by atoms with E-state index in [0.29, 0.717) is 10.0 Å². The van der Waals surface area contributed by atoms with Crippen LogP contribution < -0.4 is 5.32 Å². The fourth-order valence-electron chi connectivity index (χ4n) is 4.09. The molecule has 0 amide bonds. The molecule has 4 rings (SSSR count). The minimum Gasteiger partial charge on any atom is -0.357 e. The summed E-state index contributed by atoms with van der Waals surface area (Å²) < 4.78 is 0. The fraction of sp³-hybridized carbons (Fsp3) is 0.300. The minimum absolute atomic E-state index is 0.112. The summed E-state index contributed by atoms with van der Waals surface area (Å²) in [7, 11) is 0. The van der Waals surface area contributed by atoms with Gasteiger partial charge < -0.3 is 5.32 Å². The molecular weight excluding hydrogens is 325 g/mol. The molecule has 0 heterocycles. The van der Waals surface area contributed by atoms with Crippen molar-refractivity contribution in [2.45, 2.75) is 37.5 Å². The van der Waals surface area contributed by atoms with Crippen LogP contribution in [0, 0.1) is 0 Å². The van der Waals surface area contributed by atoms with Gasteiger partial charge in [0.05, 0.1) is 10.7 Å². The van der Waals surface area contributed by atoms with E-state index in [2.05, 4.69) is 35.7 Å². The molecule has 1 saturated carbocycles. The van der Waals surface area contributed by atoms with E-state index < -0.39 is 0 Å². The maximum absolute atomic E-state index is 6.36. The third-order valence-corrected chi connectivity index (χ3v) is 5.76. The lowest BCUT2D eigenvalue weighted by molar-refractivity contribution is 0.347. The molecule has 1 fully saturated rings. The lowest BCUT2D eigenvalue weighted by Gasteiger charge is -2.38. The lowest BCUT2D eigenvalue weighted by atomic mass is 9.69. The topological polar surface area (TPSA) is 12.0 Å². The third-order valence-electron chi connectivity index (χ3n) is 5.20. The normalized spacial score (nSPS) is 18.6. The Morgan fingerprint density at radius 3 is 2.52 bits per heavy atom. The molecule has 0 aliphatic heterocycles. The highest BCUT2D eigenvalue weighted by atomic mass is 35.5. The molecule has 0 bridgehead atoms. The SMILES string of the molecule is Clc1ccc(Cl)c(NC2=Cc3ccccc3C23CCCCC3)c1. The summed E-state index contributed by atoms with van der Waals surface area (Å²) in [5.41, 5.74) is 5.06. The van der Waals surface area contributed by atoms with Crippen molar-refractivity contribution in [2.24, 2.45) is 0 Å². The molecule has 3 heteroatoms. The molecule has 1 spiro atoms. The first-order chi connectivity index (χ1) is 11.2. The molecule has 0 unspecified atom stereocenters. The number of allylic oxidation sites excluding steroid dienone is 1. The zero-order valence-electron chi connectivity index (χ0n) is 12.9. The first-order valence-corrected chi connectivity index (χ1v) is 8.98. The second-order valence-electron chi connectivity index (χ2n) is 6.54. The van der Waals surface area contributed by atoms with Crippen molar-refractivity contribution in [3.05, 3.63) is 69.3 Å². The molecule has 0 atom stereocenters. The number of halogens is 2. The summed E-state index contributed by atoms with van der Waals surface area (Å²) in [5, 5.41) is 5.01. The first-order valence-electron chi connectivity index (χ1n) is 8.23. The maximum Gasteiger partial charge on any atom is 0.0641 e. The molecular formula is C20H19Cl2N. The fourth-order valence-corrected chi connectivity index (χ4v) is 4.42. The quantitative estimate of drug-likeness (QED) is 0.642. The van der Waals surface area contributed by atoms with E-state index in [4.69, 9.17) is 23.2 Å². The first kappa shape index (κ1) is 15.1. The largest absolute Gasteiger partial charge is 0.357 e. The molecule has 2 aliphatic carbocycles. The summed E-state index contributed by atoms with van der Waals surface area (Å²) in [5.74, 6) is 0. The van der Waals surface area contributed by atoms with Crippen LogP contribution in [0.4, 0.5) is 5.69 Å². The molecule has 0 saturated heterocycles. The van der Waals surface area contributed by atoms with Gasteiger partial charge in [0.15, 0.2) is 0 Å². The van der Waals surface area contributed by atoms with E-state index in [1.165, 1.54) is 48.9 Å². The summed E-state index contributed by atoms with van der Waals surface area (Å²) in [6.45, 7) is 0. The van der Waals surface area contributed by atoms with E-state index in [0.717, 1.165) is 5.69 Å². The van der Waals surface area contributed by atoms with Gasteiger partial charge in [-0.3, -0.25) is 0 Å². The van der Waals surface area contributed by atoms with Crippen molar-refractivity contribution < 1.29 is 0 Å². The Morgan fingerprint density at radius 1 is 0.913 bits per heavy atom. The van der Waals surface area contributed by atoms with Crippen molar-refractivity contribution >= 4 is 35.0 Å². The van der Waals surface area contributed by atoms with Gasteiger partial charge in [0, 0.05) is 16.1 Å². The zero-order chi connectivity index (χ0) is 15.9. The Morgan fingerprint density at radius 2 is 1.70 bits per heavy atom. The van der Waals surface area contributed by atoms with Crippen molar-refractivity contribution in [1.29, 1.82) is 0 Å². The van der Waals surface area contributed by atoms with Crippen molar-refractivity contribution in [3.8, 4) is 0 Å². The number of fused-ring (bicyclic) bond motifs is 2. The van der Waals surface area contributed by atoms with Gasteiger partial charge in [0.25, 0.3) is 0 Å². The van der Waals surface area contributed by atoms with Crippen LogP contribution in [0.1, 0.15) is 43.2 Å². The van der Waals surface area contributed by atoms with Gasteiger partial charge in [-0.15, -0.1) is 0 Å². The number of hydrogen-bond donors (Lipinski definition) is 1. The standard InChI is InChI=1S/C20H19Cl2N/c21-15-8-9-17(22)18(13-15)23-19-12-14-6-2-3-7-16(14)20(19)10-4-1-5-11-20/h2-3,6-9,12-13,23H,1,4-5,10-11H2. The average Bonchev–Trinajstić information content (AvgIpc) is 2.86. The van der Waals surface area contributed by atoms with Crippen LogP contribution in [-0.2, 0) is 5.41 Å². The number of hydrogen-bond acceptors (Lipinski definition) is 1. The zero-order valence-corrected chi connectivity index (χ0v) is 14.4. The van der Waals surface area contributed by atoms with Gasteiger partial charge in [0.1, 0.15) is 0 Å². The summed E-state index contributed by atoms with van der Waals surface area (Å²) in [4.78, 5) is 0. The second kappa shape index (κ2) is 5.89. The van der Waals surface area contributed by atoms with E-state index in [-0.39, 0.29) is 5.41 Å². The third kappa shape index (κ3) is 2.56. The lowest BCUT2D eigenvalue weighted by Crippen LogP contribution is -2.32. The molecule has 0 aromatic heterocycles. The van der Waals surface area contributed by atoms with Crippen LogP contribution in [0.3, 0.4) is 0 Å². The summed E-state index contributed by atoms with van der Waals surface area (Å²) >= 11 is 12.5. The van der Waals surface area contributed by atoms with E-state index >= 15 is 0 Å². The maximum atomic E-state index is 6.36. The molecule has 2 aromatic carbocycles. The highest BCUT2D eigenvalue weighted by Crippen LogP contribution is 2.51. The Bertz CT molecular complexity index is 773. The van der Waals surface area contributed by atoms with Crippen LogP contribution in [-0.4, -0.2) is 0 Å². The average molecular weight is 344 g/mol. The van der Waals surface area contributed by atoms with E-state index in [9.17, 15) is 0 Å². The van der Waals surface area contributed by atoms with Gasteiger partial charge in [-0.05, 0) is 48.2 Å². The minimum atomic E-state index is 0.112. The van der Waals surface area contributed by atoms with Crippen LogP contribution in [0.5, 0.6) is 0 Å². The Labute approximate surface area is 147 Å².